The van der Waals surface area contributed by atoms with Gasteiger partial charge < -0.3 is 14.2 Å². The second kappa shape index (κ2) is 10.6. The number of carbonyl (C=O) groups is 2. The van der Waals surface area contributed by atoms with E-state index < -0.39 is 12.5 Å². The van der Waals surface area contributed by atoms with E-state index in [-0.39, 0.29) is 48.5 Å². The number of rotatable bonds is 6. The minimum atomic E-state index is -4.80. The van der Waals surface area contributed by atoms with E-state index in [0.29, 0.717) is 31.6 Å². The highest BCUT2D eigenvalue weighted by Crippen LogP contribution is 2.44. The van der Waals surface area contributed by atoms with Crippen LogP contribution < -0.4 is 4.74 Å². The number of ether oxygens (including phenoxy) is 3. The molecule has 0 N–H and O–H groups in total. The molecule has 0 aromatic heterocycles. The number of nitrogens with zero attached hydrogens (tertiary/aromatic N) is 1. The molecule has 3 aromatic carbocycles. The fourth-order valence-electron chi connectivity index (χ4n) is 6.34. The Morgan fingerprint density at radius 3 is 2.12 bits per heavy atom. The smallest absolute Gasteiger partial charge is 0.448 e. The third kappa shape index (κ3) is 5.30. The number of fused-ring (bicyclic) bond motifs is 5. The van der Waals surface area contributed by atoms with Gasteiger partial charge in [0.15, 0.2) is 0 Å². The Kier molecular flexibility index (Phi) is 7.00. The van der Waals surface area contributed by atoms with Crippen LogP contribution in [0.5, 0.6) is 5.75 Å². The molecular formula is C31H28F3NO5. The molecule has 2 atom stereocenters. The Bertz CT molecular complexity index is 1360. The SMILES string of the molecule is O=C(Cc1cccc(OC(F)(F)F)c1)C1CC2COCC(C1)N2C(=O)OCC1c2ccccc2-c2ccccc21. The first-order chi connectivity index (χ1) is 19.3. The van der Waals surface area contributed by atoms with Crippen molar-refractivity contribution in [2.45, 2.75) is 43.6 Å². The number of halogens is 3. The maximum absolute atomic E-state index is 13.4. The Balaban J connectivity index is 1.10. The molecule has 3 aliphatic rings. The van der Waals surface area contributed by atoms with E-state index in [2.05, 4.69) is 29.0 Å². The lowest BCUT2D eigenvalue weighted by atomic mass is 9.81. The first-order valence-corrected chi connectivity index (χ1v) is 13.4. The minimum Gasteiger partial charge on any atom is -0.448 e. The van der Waals surface area contributed by atoms with Crippen LogP contribution in [-0.4, -0.2) is 55.0 Å². The number of carbonyl (C=O) groups excluding carboxylic acids is 2. The zero-order chi connectivity index (χ0) is 27.9. The van der Waals surface area contributed by atoms with E-state index in [1.54, 1.807) is 11.0 Å². The van der Waals surface area contributed by atoms with Gasteiger partial charge in [0.2, 0.25) is 0 Å². The molecule has 9 heteroatoms. The summed E-state index contributed by atoms with van der Waals surface area (Å²) in [5.41, 5.74) is 5.02. The summed E-state index contributed by atoms with van der Waals surface area (Å²) in [6.45, 7) is 0.821. The Hall–Kier alpha value is -3.85. The molecule has 1 aliphatic carbocycles. The lowest BCUT2D eigenvalue weighted by molar-refractivity contribution is -0.274. The minimum absolute atomic E-state index is 0.00896. The van der Waals surface area contributed by atoms with Crippen LogP contribution in [0.1, 0.15) is 35.4 Å². The number of Topliss-reactive ketones (excluding diaryl/α,β-unsaturated/α-hetero) is 1. The zero-order valence-corrected chi connectivity index (χ0v) is 21.6. The van der Waals surface area contributed by atoms with Gasteiger partial charge in [-0.15, -0.1) is 13.2 Å². The molecule has 2 unspecified atom stereocenters. The number of hydrogen-bond acceptors (Lipinski definition) is 5. The fourth-order valence-corrected chi connectivity index (χ4v) is 6.34. The molecule has 1 amide bonds. The van der Waals surface area contributed by atoms with Crippen LogP contribution in [0.4, 0.5) is 18.0 Å². The van der Waals surface area contributed by atoms with Crippen molar-refractivity contribution >= 4 is 11.9 Å². The second-order valence-electron chi connectivity index (χ2n) is 10.6. The van der Waals surface area contributed by atoms with Crippen molar-refractivity contribution in [3.8, 4) is 16.9 Å². The standard InChI is InChI=1S/C31H28F3NO5/c32-31(33,34)40-23-7-5-6-19(12-23)13-29(36)20-14-21-16-38-17-22(15-20)35(21)30(37)39-18-28-26-10-3-1-8-24(26)25-9-2-4-11-27(25)28/h1-12,20-22,28H,13-18H2. The van der Waals surface area contributed by atoms with Crippen LogP contribution in [0.25, 0.3) is 11.1 Å². The van der Waals surface area contributed by atoms with Crippen molar-refractivity contribution in [1.29, 1.82) is 0 Å². The maximum atomic E-state index is 13.4. The van der Waals surface area contributed by atoms with Gasteiger partial charge in [-0.2, -0.15) is 0 Å². The first-order valence-electron chi connectivity index (χ1n) is 13.4. The quantitative estimate of drug-likeness (QED) is 0.369. The van der Waals surface area contributed by atoms with E-state index in [1.807, 2.05) is 24.3 Å². The van der Waals surface area contributed by atoms with Crippen LogP contribution in [0.15, 0.2) is 72.8 Å². The molecule has 6 rings (SSSR count). The summed E-state index contributed by atoms with van der Waals surface area (Å²) >= 11 is 0. The van der Waals surface area contributed by atoms with Crippen molar-refractivity contribution in [2.75, 3.05) is 19.8 Å². The van der Waals surface area contributed by atoms with E-state index >= 15 is 0 Å². The van der Waals surface area contributed by atoms with Crippen molar-refractivity contribution in [3.63, 3.8) is 0 Å². The van der Waals surface area contributed by atoms with Gasteiger partial charge in [0, 0.05) is 18.3 Å². The molecule has 0 radical (unpaired) electrons. The van der Waals surface area contributed by atoms with Crippen LogP contribution in [0.2, 0.25) is 0 Å². The highest BCUT2D eigenvalue weighted by atomic mass is 19.4. The molecule has 40 heavy (non-hydrogen) atoms. The predicted molar refractivity (Wildman–Crippen MR) is 140 cm³/mol. The summed E-state index contributed by atoms with van der Waals surface area (Å²) in [4.78, 5) is 28.3. The van der Waals surface area contributed by atoms with E-state index in [0.717, 1.165) is 22.3 Å². The van der Waals surface area contributed by atoms with Crippen LogP contribution >= 0.6 is 0 Å². The Morgan fingerprint density at radius 1 is 0.875 bits per heavy atom. The van der Waals surface area contributed by atoms with Crippen molar-refractivity contribution in [3.05, 3.63) is 89.5 Å². The van der Waals surface area contributed by atoms with Gasteiger partial charge in [0.25, 0.3) is 0 Å². The lowest BCUT2D eigenvalue weighted by Gasteiger charge is -2.47. The zero-order valence-electron chi connectivity index (χ0n) is 21.6. The number of hydrogen-bond donors (Lipinski definition) is 0. The summed E-state index contributed by atoms with van der Waals surface area (Å²) in [6, 6.07) is 21.2. The van der Waals surface area contributed by atoms with E-state index in [4.69, 9.17) is 9.47 Å². The summed E-state index contributed by atoms with van der Waals surface area (Å²) < 4.78 is 53.4. The summed E-state index contributed by atoms with van der Waals surface area (Å²) in [7, 11) is 0. The van der Waals surface area contributed by atoms with Gasteiger partial charge in [-0.3, -0.25) is 9.69 Å². The van der Waals surface area contributed by atoms with Crippen molar-refractivity contribution < 1.29 is 37.0 Å². The largest absolute Gasteiger partial charge is 0.573 e. The van der Waals surface area contributed by atoms with Crippen LogP contribution in [0, 0.1) is 5.92 Å². The fraction of sp³-hybridized carbons (Fsp3) is 0.355. The molecule has 2 fully saturated rings. The highest BCUT2D eigenvalue weighted by molar-refractivity contribution is 5.84. The van der Waals surface area contributed by atoms with Crippen molar-refractivity contribution in [1.82, 2.24) is 4.90 Å². The van der Waals surface area contributed by atoms with Gasteiger partial charge >= 0.3 is 12.5 Å². The molecule has 0 saturated carbocycles. The average molecular weight is 552 g/mol. The number of piperidine rings is 1. The number of amides is 1. The van der Waals surface area contributed by atoms with Gasteiger partial charge in [0.05, 0.1) is 25.3 Å². The van der Waals surface area contributed by atoms with Gasteiger partial charge in [-0.1, -0.05) is 60.7 Å². The Labute approximate surface area is 229 Å². The molecule has 2 bridgehead atoms. The topological polar surface area (TPSA) is 65.1 Å². The number of benzene rings is 3. The third-order valence-electron chi connectivity index (χ3n) is 8.03. The highest BCUT2D eigenvalue weighted by Gasteiger charge is 2.44. The van der Waals surface area contributed by atoms with Crippen LogP contribution in [0.3, 0.4) is 0 Å². The molecule has 2 heterocycles. The number of alkyl halides is 3. The molecular weight excluding hydrogens is 523 g/mol. The number of morpholine rings is 1. The Morgan fingerprint density at radius 2 is 1.50 bits per heavy atom. The molecule has 208 valence electrons. The third-order valence-corrected chi connectivity index (χ3v) is 8.03. The van der Waals surface area contributed by atoms with Gasteiger partial charge in [-0.25, -0.2) is 4.79 Å². The lowest BCUT2D eigenvalue weighted by Crippen LogP contribution is -2.60. The van der Waals surface area contributed by atoms with Crippen LogP contribution in [-0.2, 0) is 20.7 Å². The molecule has 2 saturated heterocycles. The summed E-state index contributed by atoms with van der Waals surface area (Å²) in [6.07, 6.45) is -4.39. The predicted octanol–water partition coefficient (Wildman–Crippen LogP) is 6.13. The molecule has 2 aliphatic heterocycles. The van der Waals surface area contributed by atoms with Gasteiger partial charge in [0.1, 0.15) is 18.1 Å². The van der Waals surface area contributed by atoms with Crippen molar-refractivity contribution in [2.24, 2.45) is 5.92 Å². The second-order valence-corrected chi connectivity index (χ2v) is 10.6. The normalized spacial score (nSPS) is 21.9. The summed E-state index contributed by atoms with van der Waals surface area (Å²) in [5, 5.41) is 0. The maximum Gasteiger partial charge on any atom is 0.573 e. The first kappa shape index (κ1) is 26.4. The average Bonchev–Trinajstić information content (AvgIpc) is 3.24. The molecule has 3 aromatic rings. The summed E-state index contributed by atoms with van der Waals surface area (Å²) in [5.74, 6) is -0.811. The molecule has 0 spiro atoms. The van der Waals surface area contributed by atoms with E-state index in [9.17, 15) is 22.8 Å². The van der Waals surface area contributed by atoms with E-state index in [1.165, 1.54) is 18.2 Å². The monoisotopic (exact) mass is 551 g/mol. The number of ketones is 1. The molecule has 6 nitrogen and oxygen atoms in total. The van der Waals surface area contributed by atoms with Gasteiger partial charge in [-0.05, 0) is 52.8 Å².